The normalized spacial score (nSPS) is 18.1. The van der Waals surface area contributed by atoms with Crippen LogP contribution in [-0.4, -0.2) is 58.9 Å². The molecule has 1 aromatic heterocycles. The Morgan fingerprint density at radius 3 is 2.56 bits per heavy atom. The average Bonchev–Trinajstić information content (AvgIpc) is 2.68. The minimum absolute atomic E-state index is 0.0324. The Hall–Kier alpha value is -2.54. The monoisotopic (exact) mass is 390 g/mol. The van der Waals surface area contributed by atoms with Crippen LogP contribution in [0, 0.1) is 0 Å². The van der Waals surface area contributed by atoms with Crippen molar-refractivity contribution < 1.29 is 14.3 Å². The summed E-state index contributed by atoms with van der Waals surface area (Å²) in [5, 5.41) is -0.512. The molecule has 0 bridgehead atoms. The first-order chi connectivity index (χ1) is 13.0. The van der Waals surface area contributed by atoms with E-state index in [9.17, 15) is 4.79 Å². The van der Waals surface area contributed by atoms with Crippen LogP contribution in [0.1, 0.15) is 13.8 Å². The number of methoxy groups -OCH3 is 1. The van der Waals surface area contributed by atoms with Gasteiger partial charge in [-0.15, -0.1) is 11.6 Å². The van der Waals surface area contributed by atoms with Crippen LogP contribution in [-0.2, 0) is 4.79 Å². The van der Waals surface area contributed by atoms with Gasteiger partial charge in [-0.25, -0.2) is 9.97 Å². The van der Waals surface area contributed by atoms with Gasteiger partial charge in [-0.3, -0.25) is 4.79 Å². The van der Waals surface area contributed by atoms with Gasteiger partial charge >= 0.3 is 0 Å². The summed E-state index contributed by atoms with van der Waals surface area (Å²) in [4.78, 5) is 24.7. The van der Waals surface area contributed by atoms with Crippen LogP contribution in [0.25, 0.3) is 0 Å². The largest absolute Gasteiger partial charge is 0.497 e. The van der Waals surface area contributed by atoms with E-state index in [1.807, 2.05) is 36.1 Å². The Bertz CT molecular complexity index is 785. The van der Waals surface area contributed by atoms with Crippen molar-refractivity contribution in [3.8, 4) is 17.4 Å². The zero-order valence-electron chi connectivity index (χ0n) is 15.6. The van der Waals surface area contributed by atoms with E-state index in [0.717, 1.165) is 11.6 Å². The van der Waals surface area contributed by atoms with Crippen molar-refractivity contribution >= 4 is 23.3 Å². The molecule has 0 N–H and O–H groups in total. The lowest BCUT2D eigenvalue weighted by molar-refractivity contribution is -0.132. The van der Waals surface area contributed by atoms with Crippen molar-refractivity contribution in [1.29, 1.82) is 0 Å². The maximum absolute atomic E-state index is 12.2. The molecule has 2 heterocycles. The van der Waals surface area contributed by atoms with Gasteiger partial charge in [0, 0.05) is 31.7 Å². The highest BCUT2D eigenvalue weighted by Gasteiger charge is 2.30. The Kier molecular flexibility index (Phi) is 6.01. The Morgan fingerprint density at radius 1 is 1.22 bits per heavy atom. The Balaban J connectivity index is 1.67. The Labute approximate surface area is 163 Å². The van der Waals surface area contributed by atoms with Gasteiger partial charge < -0.3 is 19.3 Å². The summed E-state index contributed by atoms with van der Waals surface area (Å²) >= 11 is 5.95. The second-order valence-electron chi connectivity index (χ2n) is 6.43. The van der Waals surface area contributed by atoms with Gasteiger partial charge in [-0.05, 0) is 38.1 Å². The SMILES string of the molecule is COc1ccc(Oc2cc(N3CCN(C(=O)C(C)Cl)C(C)C3)ncn2)cc1. The molecule has 3 rings (SSSR count). The first-order valence-corrected chi connectivity index (χ1v) is 9.25. The summed E-state index contributed by atoms with van der Waals surface area (Å²) in [5.41, 5.74) is 0. The number of nitrogens with zero attached hydrogens (tertiary/aromatic N) is 4. The minimum Gasteiger partial charge on any atom is -0.497 e. The molecule has 7 nitrogen and oxygen atoms in total. The van der Waals surface area contributed by atoms with Gasteiger partial charge in [0.15, 0.2) is 0 Å². The van der Waals surface area contributed by atoms with Crippen LogP contribution in [0.3, 0.4) is 0 Å². The van der Waals surface area contributed by atoms with Crippen LogP contribution in [0.2, 0.25) is 0 Å². The molecule has 0 radical (unpaired) electrons. The fourth-order valence-electron chi connectivity index (χ4n) is 3.04. The van der Waals surface area contributed by atoms with Gasteiger partial charge in [0.05, 0.1) is 7.11 Å². The van der Waals surface area contributed by atoms with E-state index >= 15 is 0 Å². The third-order valence-corrected chi connectivity index (χ3v) is 4.67. The van der Waals surface area contributed by atoms with E-state index in [2.05, 4.69) is 14.9 Å². The molecule has 0 spiro atoms. The molecule has 144 valence electrons. The minimum atomic E-state index is -0.512. The number of hydrogen-bond donors (Lipinski definition) is 0. The topological polar surface area (TPSA) is 67.8 Å². The lowest BCUT2D eigenvalue weighted by Gasteiger charge is -2.40. The van der Waals surface area contributed by atoms with Gasteiger partial charge in [0.2, 0.25) is 11.8 Å². The van der Waals surface area contributed by atoms with E-state index in [1.165, 1.54) is 6.33 Å². The van der Waals surface area contributed by atoms with Crippen molar-refractivity contribution in [3.63, 3.8) is 0 Å². The fraction of sp³-hybridized carbons (Fsp3) is 0.421. The highest BCUT2D eigenvalue weighted by molar-refractivity contribution is 6.30. The first-order valence-electron chi connectivity index (χ1n) is 8.81. The molecule has 1 aliphatic heterocycles. The molecule has 1 amide bonds. The zero-order chi connectivity index (χ0) is 19.4. The van der Waals surface area contributed by atoms with Crippen LogP contribution < -0.4 is 14.4 Å². The van der Waals surface area contributed by atoms with E-state index < -0.39 is 5.38 Å². The highest BCUT2D eigenvalue weighted by Crippen LogP contribution is 2.25. The van der Waals surface area contributed by atoms with Crippen LogP contribution in [0.5, 0.6) is 17.4 Å². The smallest absolute Gasteiger partial charge is 0.240 e. The molecule has 1 fully saturated rings. The maximum atomic E-state index is 12.2. The molecular weight excluding hydrogens is 368 g/mol. The van der Waals surface area contributed by atoms with Gasteiger partial charge in [-0.2, -0.15) is 0 Å². The number of aromatic nitrogens is 2. The van der Waals surface area contributed by atoms with Crippen molar-refractivity contribution in [1.82, 2.24) is 14.9 Å². The number of halogens is 1. The van der Waals surface area contributed by atoms with Crippen LogP contribution in [0.15, 0.2) is 36.7 Å². The number of carbonyl (C=O) groups excluding carboxylic acids is 1. The third-order valence-electron chi connectivity index (χ3n) is 4.48. The second-order valence-corrected chi connectivity index (χ2v) is 7.09. The number of alkyl halides is 1. The Morgan fingerprint density at radius 2 is 1.93 bits per heavy atom. The lowest BCUT2D eigenvalue weighted by Crippen LogP contribution is -2.55. The molecule has 27 heavy (non-hydrogen) atoms. The first kappa shape index (κ1) is 19.2. The van der Waals surface area contributed by atoms with Crippen LogP contribution >= 0.6 is 11.6 Å². The van der Waals surface area contributed by atoms with Crippen molar-refractivity contribution in [2.24, 2.45) is 0 Å². The van der Waals surface area contributed by atoms with E-state index in [4.69, 9.17) is 21.1 Å². The number of anilines is 1. The summed E-state index contributed by atoms with van der Waals surface area (Å²) in [6, 6.07) is 9.15. The second kappa shape index (κ2) is 8.43. The third kappa shape index (κ3) is 4.60. The average molecular weight is 391 g/mol. The molecular formula is C19H23ClN4O3. The maximum Gasteiger partial charge on any atom is 0.240 e. The van der Waals surface area contributed by atoms with Gasteiger partial charge in [0.25, 0.3) is 0 Å². The van der Waals surface area contributed by atoms with Crippen LogP contribution in [0.4, 0.5) is 5.82 Å². The summed E-state index contributed by atoms with van der Waals surface area (Å²) < 4.78 is 11.0. The highest BCUT2D eigenvalue weighted by atomic mass is 35.5. The summed E-state index contributed by atoms with van der Waals surface area (Å²) in [5.74, 6) is 2.63. The number of rotatable bonds is 5. The molecule has 0 aliphatic carbocycles. The number of benzene rings is 1. The molecule has 1 aromatic carbocycles. The predicted octanol–water partition coefficient (Wildman–Crippen LogP) is 2.94. The summed E-state index contributed by atoms with van der Waals surface area (Å²) in [7, 11) is 1.62. The van der Waals surface area contributed by atoms with E-state index in [-0.39, 0.29) is 11.9 Å². The molecule has 2 aromatic rings. The van der Waals surface area contributed by atoms with Crippen molar-refractivity contribution in [2.45, 2.75) is 25.3 Å². The zero-order valence-corrected chi connectivity index (χ0v) is 16.4. The molecule has 1 aliphatic rings. The molecule has 8 heteroatoms. The quantitative estimate of drug-likeness (QED) is 0.731. The standard InChI is InChI=1S/C19H23ClN4O3/c1-13-11-23(8-9-24(13)19(25)14(2)20)17-10-18(22-12-21-17)27-16-6-4-15(26-3)5-7-16/h4-7,10,12-14H,8-9,11H2,1-3H3. The summed E-state index contributed by atoms with van der Waals surface area (Å²) in [6.45, 7) is 5.68. The van der Waals surface area contributed by atoms with Gasteiger partial charge in [0.1, 0.15) is 29.0 Å². The number of hydrogen-bond acceptors (Lipinski definition) is 6. The molecule has 2 unspecified atom stereocenters. The van der Waals surface area contributed by atoms with E-state index in [1.54, 1.807) is 20.1 Å². The number of amides is 1. The van der Waals surface area contributed by atoms with E-state index in [0.29, 0.717) is 31.3 Å². The predicted molar refractivity (Wildman–Crippen MR) is 104 cm³/mol. The fourth-order valence-corrected chi connectivity index (χ4v) is 3.17. The molecule has 2 atom stereocenters. The number of carbonyl (C=O) groups is 1. The molecule has 1 saturated heterocycles. The van der Waals surface area contributed by atoms with Crippen molar-refractivity contribution in [3.05, 3.63) is 36.7 Å². The molecule has 0 saturated carbocycles. The van der Waals surface area contributed by atoms with Crippen molar-refractivity contribution in [2.75, 3.05) is 31.6 Å². The lowest BCUT2D eigenvalue weighted by atomic mass is 10.1. The number of piperazine rings is 1. The van der Waals surface area contributed by atoms with Gasteiger partial charge in [-0.1, -0.05) is 0 Å². The number of ether oxygens (including phenoxy) is 2. The summed E-state index contributed by atoms with van der Waals surface area (Å²) in [6.07, 6.45) is 1.48.